The molecule has 1 aliphatic rings. The van der Waals surface area contributed by atoms with Crippen LogP contribution in [0.25, 0.3) is 11.5 Å². The van der Waals surface area contributed by atoms with Gasteiger partial charge in [0.15, 0.2) is 0 Å². The maximum atomic E-state index is 12.1. The minimum absolute atomic E-state index is 0.00683. The third-order valence-corrected chi connectivity index (χ3v) is 3.36. The zero-order valence-corrected chi connectivity index (χ0v) is 11.0. The SMILES string of the molecule is O=C(Nc1cccc(-c2nnco2)c1)C1CCCCN1. The van der Waals surface area contributed by atoms with Crippen molar-refractivity contribution in [1.82, 2.24) is 15.5 Å². The molecule has 0 saturated carbocycles. The molecule has 0 radical (unpaired) electrons. The fourth-order valence-corrected chi connectivity index (χ4v) is 2.33. The standard InChI is InChI=1S/C14H16N4O2/c19-13(12-6-1-2-7-15-12)17-11-5-3-4-10(8-11)14-18-16-9-20-14/h3-5,8-9,12,15H,1-2,6-7H2,(H,17,19). The Labute approximate surface area is 116 Å². The summed E-state index contributed by atoms with van der Waals surface area (Å²) >= 11 is 0. The lowest BCUT2D eigenvalue weighted by Gasteiger charge is -2.22. The van der Waals surface area contributed by atoms with Gasteiger partial charge in [-0.25, -0.2) is 0 Å². The smallest absolute Gasteiger partial charge is 0.247 e. The second kappa shape index (κ2) is 5.83. The molecule has 1 amide bonds. The lowest BCUT2D eigenvalue weighted by Crippen LogP contribution is -2.43. The normalized spacial score (nSPS) is 18.7. The van der Waals surface area contributed by atoms with Crippen LogP contribution in [0.2, 0.25) is 0 Å². The summed E-state index contributed by atoms with van der Waals surface area (Å²) < 4.78 is 5.15. The third-order valence-electron chi connectivity index (χ3n) is 3.36. The number of carbonyl (C=O) groups excluding carboxylic acids is 1. The van der Waals surface area contributed by atoms with Crippen LogP contribution in [-0.4, -0.2) is 28.7 Å². The van der Waals surface area contributed by atoms with Gasteiger partial charge in [0.05, 0.1) is 6.04 Å². The first kappa shape index (κ1) is 12.8. The molecular weight excluding hydrogens is 256 g/mol. The first-order valence-electron chi connectivity index (χ1n) is 6.74. The molecule has 2 heterocycles. The highest BCUT2D eigenvalue weighted by molar-refractivity contribution is 5.95. The number of amides is 1. The van der Waals surface area contributed by atoms with Crippen LogP contribution in [0.1, 0.15) is 19.3 Å². The number of hydrogen-bond acceptors (Lipinski definition) is 5. The zero-order chi connectivity index (χ0) is 13.8. The molecular formula is C14H16N4O2. The Morgan fingerprint density at radius 2 is 2.35 bits per heavy atom. The molecule has 1 saturated heterocycles. The van der Waals surface area contributed by atoms with Gasteiger partial charge in [0.25, 0.3) is 0 Å². The second-order valence-corrected chi connectivity index (χ2v) is 4.82. The van der Waals surface area contributed by atoms with E-state index in [4.69, 9.17) is 4.42 Å². The van der Waals surface area contributed by atoms with E-state index in [0.29, 0.717) is 5.89 Å². The van der Waals surface area contributed by atoms with Crippen LogP contribution in [0, 0.1) is 0 Å². The van der Waals surface area contributed by atoms with Crippen molar-refractivity contribution in [3.8, 4) is 11.5 Å². The minimum Gasteiger partial charge on any atom is -0.423 e. The van der Waals surface area contributed by atoms with Crippen molar-refractivity contribution >= 4 is 11.6 Å². The number of piperidine rings is 1. The molecule has 104 valence electrons. The van der Waals surface area contributed by atoms with E-state index in [1.807, 2.05) is 24.3 Å². The van der Waals surface area contributed by atoms with Crippen LogP contribution in [0.3, 0.4) is 0 Å². The van der Waals surface area contributed by atoms with Gasteiger partial charge >= 0.3 is 0 Å². The summed E-state index contributed by atoms with van der Waals surface area (Å²) in [6, 6.07) is 7.29. The number of benzene rings is 1. The van der Waals surface area contributed by atoms with Crippen molar-refractivity contribution in [3.05, 3.63) is 30.7 Å². The molecule has 0 bridgehead atoms. The van der Waals surface area contributed by atoms with E-state index in [2.05, 4.69) is 20.8 Å². The van der Waals surface area contributed by atoms with E-state index < -0.39 is 0 Å². The number of anilines is 1. The number of nitrogens with zero attached hydrogens (tertiary/aromatic N) is 2. The average molecular weight is 272 g/mol. The number of carbonyl (C=O) groups is 1. The highest BCUT2D eigenvalue weighted by atomic mass is 16.4. The van der Waals surface area contributed by atoms with E-state index in [0.717, 1.165) is 37.1 Å². The van der Waals surface area contributed by atoms with E-state index in [1.165, 1.54) is 6.39 Å². The molecule has 1 fully saturated rings. The summed E-state index contributed by atoms with van der Waals surface area (Å²) in [6.45, 7) is 0.903. The molecule has 2 N–H and O–H groups in total. The van der Waals surface area contributed by atoms with Crippen LogP contribution >= 0.6 is 0 Å². The summed E-state index contributed by atoms with van der Waals surface area (Å²) in [4.78, 5) is 12.1. The predicted molar refractivity (Wildman–Crippen MR) is 74.0 cm³/mol. The summed E-state index contributed by atoms with van der Waals surface area (Å²) in [5.74, 6) is 0.448. The Bertz CT molecular complexity index is 577. The molecule has 2 aromatic rings. The highest BCUT2D eigenvalue weighted by Crippen LogP contribution is 2.20. The van der Waals surface area contributed by atoms with Crippen molar-refractivity contribution in [2.45, 2.75) is 25.3 Å². The topological polar surface area (TPSA) is 80.1 Å². The molecule has 20 heavy (non-hydrogen) atoms. The fourth-order valence-electron chi connectivity index (χ4n) is 2.33. The van der Waals surface area contributed by atoms with Gasteiger partial charge in [0, 0.05) is 11.3 Å². The van der Waals surface area contributed by atoms with Crippen molar-refractivity contribution in [2.24, 2.45) is 0 Å². The molecule has 6 nitrogen and oxygen atoms in total. The maximum Gasteiger partial charge on any atom is 0.247 e. The van der Waals surface area contributed by atoms with Crippen molar-refractivity contribution in [2.75, 3.05) is 11.9 Å². The molecule has 3 rings (SSSR count). The van der Waals surface area contributed by atoms with Gasteiger partial charge in [0.1, 0.15) is 0 Å². The Morgan fingerprint density at radius 1 is 1.40 bits per heavy atom. The van der Waals surface area contributed by atoms with E-state index in [9.17, 15) is 4.79 Å². The minimum atomic E-state index is -0.101. The predicted octanol–water partition coefficient (Wildman–Crippen LogP) is 1.82. The molecule has 1 unspecified atom stereocenters. The lowest BCUT2D eigenvalue weighted by molar-refractivity contribution is -0.118. The number of aromatic nitrogens is 2. The first-order valence-corrected chi connectivity index (χ1v) is 6.74. The molecule has 0 aliphatic carbocycles. The fraction of sp³-hybridized carbons (Fsp3) is 0.357. The first-order chi connectivity index (χ1) is 9.83. The van der Waals surface area contributed by atoms with E-state index in [1.54, 1.807) is 0 Å². The van der Waals surface area contributed by atoms with Gasteiger partial charge in [-0.3, -0.25) is 4.79 Å². The summed E-state index contributed by atoms with van der Waals surface area (Å²) in [7, 11) is 0. The monoisotopic (exact) mass is 272 g/mol. The Kier molecular flexibility index (Phi) is 3.73. The van der Waals surface area contributed by atoms with Crippen molar-refractivity contribution < 1.29 is 9.21 Å². The van der Waals surface area contributed by atoms with Crippen LogP contribution in [0.4, 0.5) is 5.69 Å². The van der Waals surface area contributed by atoms with Gasteiger partial charge < -0.3 is 15.1 Å². The van der Waals surface area contributed by atoms with E-state index in [-0.39, 0.29) is 11.9 Å². The quantitative estimate of drug-likeness (QED) is 0.890. The van der Waals surface area contributed by atoms with Gasteiger partial charge in [-0.2, -0.15) is 0 Å². The molecule has 6 heteroatoms. The molecule has 1 aromatic heterocycles. The largest absolute Gasteiger partial charge is 0.423 e. The Morgan fingerprint density at radius 3 is 3.10 bits per heavy atom. The molecule has 1 aromatic carbocycles. The van der Waals surface area contributed by atoms with Crippen LogP contribution in [0.5, 0.6) is 0 Å². The summed E-state index contributed by atoms with van der Waals surface area (Å²) in [6.07, 6.45) is 4.39. The Balaban J connectivity index is 1.71. The number of rotatable bonds is 3. The molecule has 1 atom stereocenters. The van der Waals surface area contributed by atoms with Crippen molar-refractivity contribution in [1.29, 1.82) is 0 Å². The van der Waals surface area contributed by atoms with Gasteiger partial charge in [-0.1, -0.05) is 12.5 Å². The van der Waals surface area contributed by atoms with Crippen LogP contribution < -0.4 is 10.6 Å². The lowest BCUT2D eigenvalue weighted by atomic mass is 10.0. The maximum absolute atomic E-state index is 12.1. The number of hydrogen-bond donors (Lipinski definition) is 2. The van der Waals surface area contributed by atoms with Crippen LogP contribution in [0.15, 0.2) is 35.1 Å². The Hall–Kier alpha value is -2.21. The zero-order valence-electron chi connectivity index (χ0n) is 11.0. The van der Waals surface area contributed by atoms with Gasteiger partial charge in [0.2, 0.25) is 18.2 Å². The van der Waals surface area contributed by atoms with Gasteiger partial charge in [-0.15, -0.1) is 10.2 Å². The second-order valence-electron chi connectivity index (χ2n) is 4.82. The third kappa shape index (κ3) is 2.85. The van der Waals surface area contributed by atoms with Crippen molar-refractivity contribution in [3.63, 3.8) is 0 Å². The average Bonchev–Trinajstić information content (AvgIpc) is 3.03. The van der Waals surface area contributed by atoms with Crippen LogP contribution in [-0.2, 0) is 4.79 Å². The van der Waals surface area contributed by atoms with E-state index >= 15 is 0 Å². The van der Waals surface area contributed by atoms with Gasteiger partial charge in [-0.05, 0) is 37.6 Å². The summed E-state index contributed by atoms with van der Waals surface area (Å²) in [5.41, 5.74) is 1.52. The molecule has 0 spiro atoms. The number of nitrogens with one attached hydrogen (secondary N) is 2. The molecule has 1 aliphatic heterocycles. The highest BCUT2D eigenvalue weighted by Gasteiger charge is 2.20. The summed E-state index contributed by atoms with van der Waals surface area (Å²) in [5, 5.41) is 13.7.